The predicted molar refractivity (Wildman–Crippen MR) is 57.7 cm³/mol. The summed E-state index contributed by atoms with van der Waals surface area (Å²) in [5.74, 6) is 0. The Morgan fingerprint density at radius 3 is 1.24 bits per heavy atom. The van der Waals surface area contributed by atoms with Gasteiger partial charge in [0.05, 0.1) is 0 Å². The molecule has 17 heavy (non-hydrogen) atoms. The first kappa shape index (κ1) is 18.0. The van der Waals surface area contributed by atoms with Gasteiger partial charge >= 0.3 is 107 Å². The van der Waals surface area contributed by atoms with E-state index in [4.69, 9.17) is 17.8 Å². The molecule has 9 heteroatoms. The molecule has 0 aromatic heterocycles. The van der Waals surface area contributed by atoms with Crippen LogP contribution in [0.5, 0.6) is 0 Å². The summed E-state index contributed by atoms with van der Waals surface area (Å²) >= 11 is -3.70. The summed E-state index contributed by atoms with van der Waals surface area (Å²) in [6.07, 6.45) is -10.9. The zero-order valence-electron chi connectivity index (χ0n) is 8.77. The first-order chi connectivity index (χ1) is 7.41. The molecular weight excluding hydrogens is 400 g/mol. The van der Waals surface area contributed by atoms with Crippen LogP contribution in [-0.4, -0.2) is 28.5 Å². The molecule has 104 valence electrons. The fourth-order valence-corrected chi connectivity index (χ4v) is 9.48. The van der Waals surface area contributed by atoms with Crippen molar-refractivity contribution in [3.63, 3.8) is 0 Å². The molecule has 0 nitrogen and oxygen atoms in total. The molecule has 0 heterocycles. The van der Waals surface area contributed by atoms with Crippen LogP contribution in [0.25, 0.3) is 0 Å². The Balaban J connectivity index is 3.81. The van der Waals surface area contributed by atoms with Gasteiger partial charge in [-0.3, -0.25) is 0 Å². The van der Waals surface area contributed by atoms with Gasteiger partial charge < -0.3 is 0 Å². The third kappa shape index (κ3) is 13.2. The van der Waals surface area contributed by atoms with Crippen molar-refractivity contribution in [3.05, 3.63) is 0 Å². The number of halogens is 8. The Morgan fingerprint density at radius 2 is 1.00 bits per heavy atom. The van der Waals surface area contributed by atoms with E-state index in [1.54, 1.807) is 0 Å². The summed E-state index contributed by atoms with van der Waals surface area (Å²) in [4.78, 5) is 0. The van der Waals surface area contributed by atoms with Gasteiger partial charge in [-0.25, -0.2) is 0 Å². The van der Waals surface area contributed by atoms with Crippen LogP contribution in [0, 0.1) is 0 Å². The molecule has 0 saturated heterocycles. The molecular formula is C8H12Cl2F6Sn. The van der Waals surface area contributed by atoms with Crippen LogP contribution in [-0.2, 0) is 0 Å². The molecule has 0 rings (SSSR count). The summed E-state index contributed by atoms with van der Waals surface area (Å²) in [6, 6.07) is 0. The number of hydrogen-bond acceptors (Lipinski definition) is 0. The van der Waals surface area contributed by atoms with Crippen LogP contribution in [0.1, 0.15) is 25.7 Å². The van der Waals surface area contributed by atoms with E-state index in [2.05, 4.69) is 0 Å². The van der Waals surface area contributed by atoms with Gasteiger partial charge in [0.2, 0.25) is 0 Å². The van der Waals surface area contributed by atoms with Crippen molar-refractivity contribution in [1.82, 2.24) is 0 Å². The van der Waals surface area contributed by atoms with Crippen LogP contribution in [0.15, 0.2) is 0 Å². The molecule has 0 aromatic carbocycles. The van der Waals surface area contributed by atoms with E-state index < -0.39 is 41.3 Å². The summed E-state index contributed by atoms with van der Waals surface area (Å²) in [5, 5.41) is 0. The quantitative estimate of drug-likeness (QED) is 0.395. The molecule has 0 aromatic rings. The molecule has 0 saturated carbocycles. The second kappa shape index (κ2) is 6.93. The van der Waals surface area contributed by atoms with E-state index in [1.165, 1.54) is 0 Å². The van der Waals surface area contributed by atoms with Crippen molar-refractivity contribution in [3.8, 4) is 0 Å². The SMILES string of the molecule is FC(F)(F)CC[CH2][Sn]([Cl])([Cl])[CH2]CCC(F)(F)F. The molecule has 0 unspecified atom stereocenters. The van der Waals surface area contributed by atoms with Crippen molar-refractivity contribution in [2.24, 2.45) is 0 Å². The molecule has 0 aliphatic rings. The molecule has 0 radical (unpaired) electrons. The van der Waals surface area contributed by atoms with Gasteiger partial charge in [-0.2, -0.15) is 0 Å². The Morgan fingerprint density at radius 1 is 0.706 bits per heavy atom. The van der Waals surface area contributed by atoms with Gasteiger partial charge in [-0.05, 0) is 0 Å². The number of alkyl halides is 6. The van der Waals surface area contributed by atoms with Gasteiger partial charge in [0.1, 0.15) is 0 Å². The van der Waals surface area contributed by atoms with E-state index in [9.17, 15) is 26.3 Å². The Bertz CT molecular complexity index is 203. The standard InChI is InChI=1S/2C4H6F3.2ClH.Sn/c2*1-2-3-4(5,6)7;;;/h2*1-3H2;2*1H;/q;;;;+2/p-2. The molecule has 0 fully saturated rings. The van der Waals surface area contributed by atoms with Gasteiger partial charge in [0.25, 0.3) is 0 Å². The minimum absolute atomic E-state index is 0.0369. The third-order valence-electron chi connectivity index (χ3n) is 2.01. The normalized spacial score (nSPS) is 14.1. The van der Waals surface area contributed by atoms with Crippen LogP contribution in [0.3, 0.4) is 0 Å². The summed E-state index contributed by atoms with van der Waals surface area (Å²) < 4.78 is 71.0. The van der Waals surface area contributed by atoms with Gasteiger partial charge in [-0.15, -0.1) is 0 Å². The van der Waals surface area contributed by atoms with E-state index >= 15 is 0 Å². The van der Waals surface area contributed by atoms with Gasteiger partial charge in [0.15, 0.2) is 0 Å². The molecule has 0 atom stereocenters. The second-order valence-corrected chi connectivity index (χ2v) is 22.5. The van der Waals surface area contributed by atoms with Crippen LogP contribution < -0.4 is 0 Å². The Labute approximate surface area is 107 Å². The summed E-state index contributed by atoms with van der Waals surface area (Å²) in [5.41, 5.74) is 0. The number of rotatable bonds is 6. The maximum absolute atomic E-state index is 11.8. The van der Waals surface area contributed by atoms with Crippen LogP contribution in [0.2, 0.25) is 8.87 Å². The average molecular weight is 412 g/mol. The zero-order chi connectivity index (χ0) is 13.7. The molecule has 0 amide bonds. The molecule has 0 aliphatic heterocycles. The molecule has 0 aliphatic carbocycles. The molecule has 0 bridgehead atoms. The maximum atomic E-state index is 11.8. The van der Waals surface area contributed by atoms with E-state index in [0.29, 0.717) is 0 Å². The molecule has 0 spiro atoms. The van der Waals surface area contributed by atoms with Crippen LogP contribution >= 0.6 is 17.8 Å². The summed E-state index contributed by atoms with van der Waals surface area (Å²) in [6.45, 7) is 0. The Hall–Kier alpha value is 0.959. The van der Waals surface area contributed by atoms with Crippen molar-refractivity contribution in [2.45, 2.75) is 46.9 Å². The van der Waals surface area contributed by atoms with Crippen LogP contribution in [0.4, 0.5) is 26.3 Å². The third-order valence-corrected chi connectivity index (χ3v) is 13.3. The first-order valence-corrected chi connectivity index (χ1v) is 16.2. The van der Waals surface area contributed by atoms with E-state index in [-0.39, 0.29) is 21.7 Å². The van der Waals surface area contributed by atoms with Gasteiger partial charge in [0, 0.05) is 0 Å². The van der Waals surface area contributed by atoms with E-state index in [0.717, 1.165) is 0 Å². The monoisotopic (exact) mass is 412 g/mol. The fourth-order valence-electron chi connectivity index (χ4n) is 1.22. The number of hydrogen-bond donors (Lipinski definition) is 0. The zero-order valence-corrected chi connectivity index (χ0v) is 13.1. The van der Waals surface area contributed by atoms with Crippen molar-refractivity contribution in [1.29, 1.82) is 0 Å². The minimum atomic E-state index is -4.26. The van der Waals surface area contributed by atoms with Crippen molar-refractivity contribution in [2.75, 3.05) is 0 Å². The van der Waals surface area contributed by atoms with Crippen molar-refractivity contribution < 1.29 is 26.3 Å². The molecule has 0 N–H and O–H groups in total. The van der Waals surface area contributed by atoms with Gasteiger partial charge in [-0.1, -0.05) is 0 Å². The average Bonchev–Trinajstić information content (AvgIpc) is 1.96. The van der Waals surface area contributed by atoms with Crippen molar-refractivity contribution >= 4 is 34.0 Å². The van der Waals surface area contributed by atoms with E-state index in [1.807, 2.05) is 0 Å². The second-order valence-electron chi connectivity index (χ2n) is 3.79. The summed E-state index contributed by atoms with van der Waals surface area (Å²) in [7, 11) is 11.7. The Kier molecular flexibility index (Phi) is 7.32. The predicted octanol–water partition coefficient (Wildman–Crippen LogP) is 5.59. The fraction of sp³-hybridized carbons (Fsp3) is 1.00. The topological polar surface area (TPSA) is 0 Å². The first-order valence-electron chi connectivity index (χ1n) is 4.93.